The molecule has 2 atom stereocenters. The number of nitrogens with zero attached hydrogens (tertiary/aromatic N) is 1. The van der Waals surface area contributed by atoms with E-state index in [1.165, 1.54) is 103 Å². The van der Waals surface area contributed by atoms with Crippen LogP contribution in [0.25, 0.3) is 44.2 Å². The van der Waals surface area contributed by atoms with Crippen LogP contribution in [0.2, 0.25) is 0 Å². The number of rotatable bonds is 8. The fourth-order valence-electron chi connectivity index (χ4n) is 9.65. The molecule has 0 radical (unpaired) electrons. The van der Waals surface area contributed by atoms with Crippen molar-refractivity contribution < 1.29 is 0 Å². The van der Waals surface area contributed by atoms with Gasteiger partial charge in [0, 0.05) is 22.5 Å². The zero-order valence-corrected chi connectivity index (χ0v) is 31.9. The summed E-state index contributed by atoms with van der Waals surface area (Å²) >= 11 is 0. The van der Waals surface area contributed by atoms with Crippen LogP contribution >= 0.6 is 0 Å². The van der Waals surface area contributed by atoms with Crippen molar-refractivity contribution in [2.75, 3.05) is 4.90 Å². The molecule has 2 unspecified atom stereocenters. The molecule has 1 nitrogen and oxygen atoms in total. The van der Waals surface area contributed by atoms with E-state index in [2.05, 4.69) is 190 Å². The second-order valence-electron chi connectivity index (χ2n) is 16.4. The largest absolute Gasteiger partial charge is 0.310 e. The standard InChI is InChI=1S/C53H49N/c1-36-31-37(2)33-39(32-36)24-23-38-25-27-43(28-26-38)54(45-29-30-49-48-19-8-9-22-50(48)53(3,4)51(49)35-45)44-18-10-17-42(34-44)47-21-12-16-41-15-11-20-46(52(41)47)40-13-6-5-7-14-40/h5-22,25-30,34-35,37,39H,1,23-24,31-33H2,2-4H3. The van der Waals surface area contributed by atoms with Crippen LogP contribution < -0.4 is 4.90 Å². The molecule has 0 aliphatic heterocycles. The van der Waals surface area contributed by atoms with Crippen LogP contribution in [0.5, 0.6) is 0 Å². The fraction of sp³-hybridized carbons (Fsp3) is 0.208. The molecule has 0 heterocycles. The van der Waals surface area contributed by atoms with Crippen molar-refractivity contribution in [3.63, 3.8) is 0 Å². The zero-order chi connectivity index (χ0) is 36.8. The predicted molar refractivity (Wildman–Crippen MR) is 231 cm³/mol. The molecule has 1 saturated carbocycles. The Morgan fingerprint density at radius 2 is 1.20 bits per heavy atom. The van der Waals surface area contributed by atoms with Gasteiger partial charge in [0.15, 0.2) is 0 Å². The Hall–Kier alpha value is -5.66. The Labute approximate surface area is 321 Å². The van der Waals surface area contributed by atoms with Crippen LogP contribution in [0.4, 0.5) is 17.1 Å². The van der Waals surface area contributed by atoms with E-state index < -0.39 is 0 Å². The van der Waals surface area contributed by atoms with E-state index in [1.54, 1.807) is 0 Å². The molecule has 2 aliphatic rings. The van der Waals surface area contributed by atoms with Gasteiger partial charge in [-0.3, -0.25) is 0 Å². The van der Waals surface area contributed by atoms with E-state index in [0.717, 1.165) is 23.9 Å². The first-order valence-corrected chi connectivity index (χ1v) is 19.8. The lowest BCUT2D eigenvalue weighted by Crippen LogP contribution is -2.16. The number of hydrogen-bond donors (Lipinski definition) is 0. The Bertz CT molecular complexity index is 2480. The van der Waals surface area contributed by atoms with Crippen molar-refractivity contribution in [1.82, 2.24) is 0 Å². The van der Waals surface area contributed by atoms with Gasteiger partial charge in [0.1, 0.15) is 0 Å². The summed E-state index contributed by atoms with van der Waals surface area (Å²) in [6, 6.07) is 58.7. The molecule has 9 rings (SSSR count). The van der Waals surface area contributed by atoms with Crippen molar-refractivity contribution in [3.8, 4) is 33.4 Å². The number of hydrogen-bond acceptors (Lipinski definition) is 1. The molecule has 54 heavy (non-hydrogen) atoms. The van der Waals surface area contributed by atoms with Crippen molar-refractivity contribution in [2.24, 2.45) is 11.8 Å². The summed E-state index contributed by atoms with van der Waals surface area (Å²) in [7, 11) is 0. The highest BCUT2D eigenvalue weighted by Crippen LogP contribution is 2.51. The summed E-state index contributed by atoms with van der Waals surface area (Å²) in [5.74, 6) is 1.50. The van der Waals surface area contributed by atoms with Gasteiger partial charge in [0.25, 0.3) is 0 Å². The van der Waals surface area contributed by atoms with Gasteiger partial charge in [-0.15, -0.1) is 0 Å². The number of allylic oxidation sites excluding steroid dienone is 1. The summed E-state index contributed by atoms with van der Waals surface area (Å²) in [5, 5.41) is 2.53. The van der Waals surface area contributed by atoms with Crippen LogP contribution in [-0.2, 0) is 11.8 Å². The van der Waals surface area contributed by atoms with Gasteiger partial charge in [0.05, 0.1) is 0 Å². The lowest BCUT2D eigenvalue weighted by Gasteiger charge is -2.29. The lowest BCUT2D eigenvalue weighted by molar-refractivity contribution is 0.321. The monoisotopic (exact) mass is 699 g/mol. The third kappa shape index (κ3) is 6.26. The topological polar surface area (TPSA) is 3.24 Å². The van der Waals surface area contributed by atoms with E-state index in [1.807, 2.05) is 0 Å². The second-order valence-corrected chi connectivity index (χ2v) is 16.4. The summed E-state index contributed by atoms with van der Waals surface area (Å²) in [6.45, 7) is 11.5. The molecule has 266 valence electrons. The number of fused-ring (bicyclic) bond motifs is 4. The van der Waals surface area contributed by atoms with Crippen LogP contribution in [0, 0.1) is 11.8 Å². The molecule has 0 amide bonds. The lowest BCUT2D eigenvalue weighted by atomic mass is 9.77. The highest BCUT2D eigenvalue weighted by molar-refractivity contribution is 6.06. The molecular formula is C53H49N. The number of anilines is 3. The molecule has 2 aliphatic carbocycles. The smallest absolute Gasteiger partial charge is 0.0467 e. The minimum Gasteiger partial charge on any atom is -0.310 e. The summed E-state index contributed by atoms with van der Waals surface area (Å²) < 4.78 is 0. The fourth-order valence-corrected chi connectivity index (χ4v) is 9.65. The maximum Gasteiger partial charge on any atom is 0.0467 e. The first-order valence-electron chi connectivity index (χ1n) is 19.8. The second kappa shape index (κ2) is 14.0. The zero-order valence-electron chi connectivity index (χ0n) is 31.9. The maximum absolute atomic E-state index is 4.35. The van der Waals surface area contributed by atoms with Crippen LogP contribution in [0.3, 0.4) is 0 Å². The first kappa shape index (κ1) is 34.1. The van der Waals surface area contributed by atoms with E-state index in [4.69, 9.17) is 0 Å². The van der Waals surface area contributed by atoms with Crippen molar-refractivity contribution in [3.05, 3.63) is 187 Å². The van der Waals surface area contributed by atoms with Gasteiger partial charge in [-0.05, 0) is 141 Å². The van der Waals surface area contributed by atoms with Crippen LogP contribution in [0.1, 0.15) is 63.1 Å². The molecule has 1 heteroatoms. The Balaban J connectivity index is 1.13. The predicted octanol–water partition coefficient (Wildman–Crippen LogP) is 14.9. The molecule has 0 spiro atoms. The minimum atomic E-state index is -0.0853. The Morgan fingerprint density at radius 1 is 0.574 bits per heavy atom. The maximum atomic E-state index is 4.35. The summed E-state index contributed by atoms with van der Waals surface area (Å²) in [4.78, 5) is 2.46. The van der Waals surface area contributed by atoms with Crippen molar-refractivity contribution in [1.29, 1.82) is 0 Å². The van der Waals surface area contributed by atoms with E-state index in [9.17, 15) is 0 Å². The quantitative estimate of drug-likeness (QED) is 0.143. The van der Waals surface area contributed by atoms with Gasteiger partial charge in [-0.2, -0.15) is 0 Å². The third-order valence-corrected chi connectivity index (χ3v) is 12.2. The molecule has 0 saturated heterocycles. The van der Waals surface area contributed by atoms with Crippen molar-refractivity contribution in [2.45, 2.75) is 58.3 Å². The van der Waals surface area contributed by atoms with Crippen LogP contribution in [0.15, 0.2) is 170 Å². The Morgan fingerprint density at radius 3 is 1.98 bits per heavy atom. The summed E-state index contributed by atoms with van der Waals surface area (Å²) in [6.07, 6.45) is 6.04. The average Bonchev–Trinajstić information content (AvgIpc) is 3.43. The average molecular weight is 700 g/mol. The molecule has 0 N–H and O–H groups in total. The normalized spacial score (nSPS) is 17.3. The van der Waals surface area contributed by atoms with Crippen molar-refractivity contribution >= 4 is 27.8 Å². The summed E-state index contributed by atoms with van der Waals surface area (Å²) in [5.41, 5.74) is 16.7. The number of aryl methyl sites for hydroxylation is 1. The Kier molecular flexibility index (Phi) is 8.82. The molecule has 7 aromatic carbocycles. The van der Waals surface area contributed by atoms with Gasteiger partial charge >= 0.3 is 0 Å². The molecule has 0 aromatic heterocycles. The van der Waals surface area contributed by atoms with E-state index in [0.29, 0.717) is 0 Å². The SMILES string of the molecule is C=C1CC(C)CC(CCc2ccc(N(c3cccc(-c4cccc5cccc(-c6ccccc6)c45)c3)c3ccc4c(c3)C(C)(C)c3ccccc3-4)cc2)C1. The first-order chi connectivity index (χ1) is 26.3. The highest BCUT2D eigenvalue weighted by Gasteiger charge is 2.35. The minimum absolute atomic E-state index is 0.0853. The van der Waals surface area contributed by atoms with Gasteiger partial charge in [0.2, 0.25) is 0 Å². The molecule has 7 aromatic rings. The van der Waals surface area contributed by atoms with Gasteiger partial charge in [-0.1, -0.05) is 154 Å². The number of benzene rings is 7. The molecule has 1 fully saturated rings. The van der Waals surface area contributed by atoms with Crippen LogP contribution in [-0.4, -0.2) is 0 Å². The van der Waals surface area contributed by atoms with E-state index >= 15 is 0 Å². The van der Waals surface area contributed by atoms with E-state index in [-0.39, 0.29) is 5.41 Å². The highest BCUT2D eigenvalue weighted by atomic mass is 15.1. The van der Waals surface area contributed by atoms with Gasteiger partial charge < -0.3 is 4.90 Å². The molecular weight excluding hydrogens is 651 g/mol. The van der Waals surface area contributed by atoms with Gasteiger partial charge in [-0.25, -0.2) is 0 Å². The third-order valence-electron chi connectivity index (χ3n) is 12.2. The molecule has 0 bridgehead atoms.